The van der Waals surface area contributed by atoms with Crippen LogP contribution in [-0.4, -0.2) is 54.3 Å². The molecular weight excluding hydrogens is 230 g/mol. The van der Waals surface area contributed by atoms with E-state index in [1.54, 1.807) is 9.80 Å². The Kier molecular flexibility index (Phi) is 5.14. The van der Waals surface area contributed by atoms with Crippen molar-refractivity contribution < 1.29 is 9.59 Å². The van der Waals surface area contributed by atoms with E-state index in [1.807, 2.05) is 6.92 Å². The van der Waals surface area contributed by atoms with Gasteiger partial charge in [0.25, 0.3) is 0 Å². The van der Waals surface area contributed by atoms with Crippen LogP contribution in [0.4, 0.5) is 0 Å². The zero-order valence-corrected chi connectivity index (χ0v) is 11.7. The van der Waals surface area contributed by atoms with Gasteiger partial charge >= 0.3 is 0 Å². The fourth-order valence-electron chi connectivity index (χ4n) is 2.05. The third-order valence-corrected chi connectivity index (χ3v) is 3.57. The molecule has 1 heterocycles. The summed E-state index contributed by atoms with van der Waals surface area (Å²) in [6.45, 7) is 8.51. The van der Waals surface area contributed by atoms with Crippen molar-refractivity contribution in [2.24, 2.45) is 11.1 Å². The smallest absolute Gasteiger partial charge is 0.242 e. The number of rotatable bonds is 6. The number of amides is 2. The first kappa shape index (κ1) is 15.0. The Morgan fingerprint density at radius 2 is 1.72 bits per heavy atom. The summed E-state index contributed by atoms with van der Waals surface area (Å²) in [5, 5.41) is 0. The lowest BCUT2D eigenvalue weighted by molar-refractivity contribution is -0.149. The van der Waals surface area contributed by atoms with E-state index in [0.29, 0.717) is 19.6 Å². The molecule has 0 atom stereocenters. The second-order valence-electron chi connectivity index (χ2n) is 5.70. The molecule has 0 radical (unpaired) electrons. The molecule has 104 valence electrons. The van der Waals surface area contributed by atoms with Crippen molar-refractivity contribution in [3.63, 3.8) is 0 Å². The molecule has 5 heteroatoms. The summed E-state index contributed by atoms with van der Waals surface area (Å²) in [6, 6.07) is 0. The van der Waals surface area contributed by atoms with Crippen molar-refractivity contribution in [2.45, 2.75) is 33.6 Å². The highest BCUT2D eigenvalue weighted by atomic mass is 16.2. The maximum absolute atomic E-state index is 11.8. The first-order valence-electron chi connectivity index (χ1n) is 6.65. The lowest BCUT2D eigenvalue weighted by atomic mass is 9.88. The molecule has 0 bridgehead atoms. The van der Waals surface area contributed by atoms with Crippen LogP contribution in [0.25, 0.3) is 0 Å². The van der Waals surface area contributed by atoms with Gasteiger partial charge in [-0.3, -0.25) is 9.59 Å². The van der Waals surface area contributed by atoms with Crippen molar-refractivity contribution in [3.05, 3.63) is 0 Å². The third-order valence-electron chi connectivity index (χ3n) is 3.57. The van der Waals surface area contributed by atoms with Crippen molar-refractivity contribution in [2.75, 3.05) is 32.7 Å². The van der Waals surface area contributed by atoms with Crippen LogP contribution >= 0.6 is 0 Å². The highest BCUT2D eigenvalue weighted by Crippen LogP contribution is 2.20. The average Bonchev–Trinajstić information content (AvgIpc) is 2.33. The molecule has 0 aliphatic carbocycles. The summed E-state index contributed by atoms with van der Waals surface area (Å²) in [5.74, 6) is 0.109. The molecule has 0 aromatic carbocycles. The minimum Gasteiger partial charge on any atom is -0.332 e. The van der Waals surface area contributed by atoms with E-state index in [9.17, 15) is 9.59 Å². The summed E-state index contributed by atoms with van der Waals surface area (Å²) in [6.07, 6.45) is 1.87. The number of carbonyl (C=O) groups is 2. The topological polar surface area (TPSA) is 66.6 Å². The maximum atomic E-state index is 11.8. The molecule has 2 N–H and O–H groups in total. The highest BCUT2D eigenvalue weighted by molar-refractivity contribution is 5.92. The molecule has 18 heavy (non-hydrogen) atoms. The number of hydrogen-bond donors (Lipinski definition) is 1. The van der Waals surface area contributed by atoms with E-state index in [2.05, 4.69) is 13.8 Å². The van der Waals surface area contributed by atoms with Crippen molar-refractivity contribution in [1.82, 2.24) is 9.80 Å². The van der Waals surface area contributed by atoms with Gasteiger partial charge in [0.15, 0.2) is 0 Å². The van der Waals surface area contributed by atoms with Gasteiger partial charge in [-0.05, 0) is 31.7 Å². The lowest BCUT2D eigenvalue weighted by Crippen LogP contribution is -2.53. The largest absolute Gasteiger partial charge is 0.332 e. The molecule has 1 aliphatic rings. The van der Waals surface area contributed by atoms with Crippen LogP contribution in [0.2, 0.25) is 0 Å². The Hall–Kier alpha value is -1.10. The third kappa shape index (κ3) is 3.98. The second kappa shape index (κ2) is 6.18. The van der Waals surface area contributed by atoms with E-state index >= 15 is 0 Å². The van der Waals surface area contributed by atoms with E-state index in [0.717, 1.165) is 12.8 Å². The summed E-state index contributed by atoms with van der Waals surface area (Å²) in [5.41, 5.74) is 5.78. The molecule has 0 aromatic heterocycles. The van der Waals surface area contributed by atoms with Crippen molar-refractivity contribution in [3.8, 4) is 0 Å². The van der Waals surface area contributed by atoms with Gasteiger partial charge in [0.05, 0.1) is 13.1 Å². The van der Waals surface area contributed by atoms with Gasteiger partial charge in [-0.15, -0.1) is 0 Å². The predicted octanol–water partition coefficient (Wildman–Crippen LogP) is 0.442. The first-order chi connectivity index (χ1) is 8.39. The number of piperazine rings is 1. The summed E-state index contributed by atoms with van der Waals surface area (Å²) >= 11 is 0. The van der Waals surface area contributed by atoms with Crippen molar-refractivity contribution in [1.29, 1.82) is 0 Å². The normalized spacial score (nSPS) is 17.6. The zero-order chi connectivity index (χ0) is 13.8. The molecule has 2 amide bonds. The Morgan fingerprint density at radius 3 is 2.28 bits per heavy atom. The second-order valence-corrected chi connectivity index (χ2v) is 5.70. The number of nitrogens with zero attached hydrogens (tertiary/aromatic N) is 2. The zero-order valence-electron chi connectivity index (χ0n) is 11.7. The van der Waals surface area contributed by atoms with Gasteiger partial charge in [-0.25, -0.2) is 0 Å². The number of likely N-dealkylation sites (N-methyl/N-ethyl adjacent to an activating group) is 1. The van der Waals surface area contributed by atoms with Crippen LogP contribution in [0.3, 0.4) is 0 Å². The molecule has 0 unspecified atom stereocenters. The predicted molar refractivity (Wildman–Crippen MR) is 70.9 cm³/mol. The van der Waals surface area contributed by atoms with Crippen molar-refractivity contribution >= 4 is 11.8 Å². The van der Waals surface area contributed by atoms with E-state index in [1.165, 1.54) is 0 Å². The molecule has 1 saturated heterocycles. The van der Waals surface area contributed by atoms with Gasteiger partial charge < -0.3 is 15.5 Å². The summed E-state index contributed by atoms with van der Waals surface area (Å²) in [7, 11) is 0. The molecule has 5 nitrogen and oxygen atoms in total. The first-order valence-corrected chi connectivity index (χ1v) is 6.65. The Morgan fingerprint density at radius 1 is 1.17 bits per heavy atom. The number of hydrogen-bond acceptors (Lipinski definition) is 3. The van der Waals surface area contributed by atoms with E-state index < -0.39 is 0 Å². The standard InChI is InChI=1S/C13H25N3O2/c1-4-15-8-12(18)16(9-11(15)17)7-5-6-13(2,3)10-14/h4-10,14H2,1-3H3. The Bertz CT molecular complexity index is 315. The van der Waals surface area contributed by atoms with Gasteiger partial charge in [0.1, 0.15) is 0 Å². The molecule has 1 aliphatic heterocycles. The van der Waals surface area contributed by atoms with Crippen LogP contribution in [0, 0.1) is 5.41 Å². The molecule has 0 aromatic rings. The van der Waals surface area contributed by atoms with Crippen LogP contribution in [0.5, 0.6) is 0 Å². The molecule has 0 saturated carbocycles. The van der Waals surface area contributed by atoms with Crippen LogP contribution < -0.4 is 5.73 Å². The Labute approximate surface area is 109 Å². The minimum absolute atomic E-state index is 0.0511. The molecular formula is C13H25N3O2. The quantitative estimate of drug-likeness (QED) is 0.749. The number of carbonyl (C=O) groups excluding carboxylic acids is 2. The fraction of sp³-hybridized carbons (Fsp3) is 0.846. The van der Waals surface area contributed by atoms with Gasteiger partial charge in [-0.2, -0.15) is 0 Å². The average molecular weight is 255 g/mol. The summed E-state index contributed by atoms with van der Waals surface area (Å²) < 4.78 is 0. The van der Waals surface area contributed by atoms with Gasteiger partial charge in [0, 0.05) is 13.1 Å². The van der Waals surface area contributed by atoms with Gasteiger partial charge in [-0.1, -0.05) is 13.8 Å². The van der Waals surface area contributed by atoms with E-state index in [-0.39, 0.29) is 30.3 Å². The molecule has 1 fully saturated rings. The maximum Gasteiger partial charge on any atom is 0.242 e. The van der Waals surface area contributed by atoms with Crippen LogP contribution in [-0.2, 0) is 9.59 Å². The monoisotopic (exact) mass is 255 g/mol. The fourth-order valence-corrected chi connectivity index (χ4v) is 2.05. The van der Waals surface area contributed by atoms with Crippen LogP contribution in [0.1, 0.15) is 33.6 Å². The number of nitrogens with two attached hydrogens (primary N) is 1. The van der Waals surface area contributed by atoms with E-state index in [4.69, 9.17) is 5.73 Å². The van der Waals surface area contributed by atoms with Gasteiger partial charge in [0.2, 0.25) is 11.8 Å². The lowest BCUT2D eigenvalue weighted by Gasteiger charge is -2.34. The SMILES string of the molecule is CCN1CC(=O)N(CCCC(C)(C)CN)CC1=O. The molecule has 0 spiro atoms. The highest BCUT2D eigenvalue weighted by Gasteiger charge is 2.28. The summed E-state index contributed by atoms with van der Waals surface area (Å²) in [4.78, 5) is 26.8. The minimum atomic E-state index is 0.0511. The van der Waals surface area contributed by atoms with Crippen LogP contribution in [0.15, 0.2) is 0 Å². The Balaban J connectivity index is 2.40. The molecule has 1 rings (SSSR count).